The molecular weight excluding hydrogens is 216 g/mol. The quantitative estimate of drug-likeness (QED) is 0.327. The van der Waals surface area contributed by atoms with Gasteiger partial charge in [0, 0.05) is 0 Å². The van der Waals surface area contributed by atoms with Crippen molar-refractivity contribution < 1.29 is 22.4 Å². The third-order valence-electron chi connectivity index (χ3n) is 1.68. The maximum atomic E-state index is 13.2. The molecule has 0 atom stereocenters. The average molecular weight is 222 g/mol. The van der Waals surface area contributed by atoms with Crippen molar-refractivity contribution in [3.63, 3.8) is 0 Å². The van der Waals surface area contributed by atoms with Gasteiger partial charge in [0.15, 0.2) is 0 Å². The monoisotopic (exact) mass is 222 g/mol. The molecule has 0 aliphatic carbocycles. The summed E-state index contributed by atoms with van der Waals surface area (Å²) in [6, 6.07) is 2.38. The normalized spacial score (nSPS) is 11.3. The van der Waals surface area contributed by atoms with E-state index >= 15 is 0 Å². The van der Waals surface area contributed by atoms with Crippen molar-refractivity contribution in [2.24, 2.45) is 5.84 Å². The van der Waals surface area contributed by atoms with Crippen LogP contribution < -0.4 is 11.3 Å². The number of carbonyl (C=O) groups is 1. The SMILES string of the molecule is NNC(=O)c1cccc(C(F)(F)F)c1F. The summed E-state index contributed by atoms with van der Waals surface area (Å²) in [6.07, 6.45) is -4.84. The van der Waals surface area contributed by atoms with Gasteiger partial charge in [0.25, 0.3) is 5.91 Å². The summed E-state index contributed by atoms with van der Waals surface area (Å²) in [5.41, 5.74) is -0.685. The number of hydrazine groups is 1. The van der Waals surface area contributed by atoms with E-state index in [-0.39, 0.29) is 0 Å². The number of hydrogen-bond donors (Lipinski definition) is 2. The second kappa shape index (κ2) is 3.85. The molecule has 0 fully saturated rings. The fourth-order valence-corrected chi connectivity index (χ4v) is 1.00. The number of nitrogen functional groups attached to an aromatic ring is 1. The van der Waals surface area contributed by atoms with E-state index in [4.69, 9.17) is 0 Å². The van der Waals surface area contributed by atoms with Gasteiger partial charge in [-0.2, -0.15) is 13.2 Å². The molecule has 7 heteroatoms. The molecule has 1 rings (SSSR count). The molecule has 0 aliphatic rings. The summed E-state index contributed by atoms with van der Waals surface area (Å²) in [4.78, 5) is 10.9. The van der Waals surface area contributed by atoms with Crippen LogP contribution in [0.25, 0.3) is 0 Å². The van der Waals surface area contributed by atoms with Gasteiger partial charge in [0.05, 0.1) is 11.1 Å². The smallest absolute Gasteiger partial charge is 0.290 e. The number of carbonyl (C=O) groups excluding carboxylic acids is 1. The number of nitrogens with one attached hydrogen (secondary N) is 1. The van der Waals surface area contributed by atoms with Crippen molar-refractivity contribution in [1.82, 2.24) is 5.43 Å². The molecule has 0 aliphatic heterocycles. The molecule has 1 aromatic rings. The Morgan fingerprint density at radius 2 is 1.93 bits per heavy atom. The van der Waals surface area contributed by atoms with Gasteiger partial charge in [0.2, 0.25) is 0 Å². The van der Waals surface area contributed by atoms with E-state index in [0.717, 1.165) is 12.1 Å². The van der Waals surface area contributed by atoms with E-state index in [1.807, 2.05) is 0 Å². The highest BCUT2D eigenvalue weighted by molar-refractivity contribution is 5.94. The number of halogens is 4. The van der Waals surface area contributed by atoms with E-state index in [1.54, 1.807) is 5.43 Å². The Bertz CT molecular complexity index is 389. The molecule has 0 heterocycles. The Hall–Kier alpha value is -1.63. The van der Waals surface area contributed by atoms with Crippen molar-refractivity contribution >= 4 is 5.91 Å². The van der Waals surface area contributed by atoms with Gasteiger partial charge in [-0.15, -0.1) is 0 Å². The first kappa shape index (κ1) is 11.4. The standard InChI is InChI=1S/C8H6F4N2O/c9-6-4(7(15)14-13)2-1-3-5(6)8(10,11)12/h1-3H,13H2,(H,14,15). The zero-order valence-electron chi connectivity index (χ0n) is 7.23. The lowest BCUT2D eigenvalue weighted by atomic mass is 10.1. The van der Waals surface area contributed by atoms with E-state index in [0.29, 0.717) is 6.07 Å². The van der Waals surface area contributed by atoms with Crippen LogP contribution in [0.3, 0.4) is 0 Å². The molecule has 15 heavy (non-hydrogen) atoms. The molecule has 3 nitrogen and oxygen atoms in total. The Morgan fingerprint density at radius 3 is 2.40 bits per heavy atom. The zero-order valence-corrected chi connectivity index (χ0v) is 7.23. The minimum absolute atomic E-state index is 0.544. The van der Waals surface area contributed by atoms with Crippen LogP contribution >= 0.6 is 0 Å². The van der Waals surface area contributed by atoms with Crippen LogP contribution in [0.5, 0.6) is 0 Å². The van der Waals surface area contributed by atoms with Crippen molar-refractivity contribution in [2.45, 2.75) is 6.18 Å². The van der Waals surface area contributed by atoms with Crippen LogP contribution in [-0.4, -0.2) is 5.91 Å². The molecule has 0 saturated carbocycles. The highest BCUT2D eigenvalue weighted by Gasteiger charge is 2.35. The van der Waals surface area contributed by atoms with E-state index < -0.39 is 29.0 Å². The molecule has 82 valence electrons. The topological polar surface area (TPSA) is 55.1 Å². The fraction of sp³-hybridized carbons (Fsp3) is 0.125. The summed E-state index contributed by atoms with van der Waals surface area (Å²) in [7, 11) is 0. The predicted octanol–water partition coefficient (Wildman–Crippen LogP) is 1.45. The van der Waals surface area contributed by atoms with Crippen LogP contribution in [0.1, 0.15) is 15.9 Å². The van der Waals surface area contributed by atoms with Crippen molar-refractivity contribution in [2.75, 3.05) is 0 Å². The van der Waals surface area contributed by atoms with Crippen molar-refractivity contribution in [3.05, 3.63) is 35.1 Å². The minimum atomic E-state index is -4.84. The second-order valence-corrected chi connectivity index (χ2v) is 2.64. The number of amides is 1. The summed E-state index contributed by atoms with van der Waals surface area (Å²) < 4.78 is 49.7. The van der Waals surface area contributed by atoms with Gasteiger partial charge in [0.1, 0.15) is 5.82 Å². The lowest BCUT2D eigenvalue weighted by Crippen LogP contribution is -2.31. The largest absolute Gasteiger partial charge is 0.419 e. The Kier molecular flexibility index (Phi) is 2.94. The highest BCUT2D eigenvalue weighted by atomic mass is 19.4. The lowest BCUT2D eigenvalue weighted by molar-refractivity contribution is -0.140. The Morgan fingerprint density at radius 1 is 1.33 bits per heavy atom. The molecule has 0 saturated heterocycles. The maximum absolute atomic E-state index is 13.2. The number of benzene rings is 1. The lowest BCUT2D eigenvalue weighted by Gasteiger charge is -2.09. The first-order valence-corrected chi connectivity index (χ1v) is 3.74. The fourth-order valence-electron chi connectivity index (χ4n) is 1.00. The summed E-state index contributed by atoms with van der Waals surface area (Å²) in [5.74, 6) is 1.94. The first-order chi connectivity index (χ1) is 6.88. The minimum Gasteiger partial charge on any atom is -0.290 e. The zero-order chi connectivity index (χ0) is 11.6. The average Bonchev–Trinajstić information content (AvgIpc) is 2.15. The molecule has 0 radical (unpaired) electrons. The maximum Gasteiger partial charge on any atom is 0.419 e. The first-order valence-electron chi connectivity index (χ1n) is 3.74. The van der Waals surface area contributed by atoms with Gasteiger partial charge in [-0.3, -0.25) is 10.2 Å². The van der Waals surface area contributed by atoms with Crippen LogP contribution in [0, 0.1) is 5.82 Å². The van der Waals surface area contributed by atoms with Crippen LogP contribution in [0.15, 0.2) is 18.2 Å². The third kappa shape index (κ3) is 2.24. The molecular formula is C8H6F4N2O. The Balaban J connectivity index is 3.30. The van der Waals surface area contributed by atoms with Crippen molar-refractivity contribution in [3.8, 4) is 0 Å². The van der Waals surface area contributed by atoms with Gasteiger partial charge >= 0.3 is 6.18 Å². The van der Waals surface area contributed by atoms with Gasteiger partial charge < -0.3 is 0 Å². The summed E-state index contributed by atoms with van der Waals surface area (Å²) >= 11 is 0. The summed E-state index contributed by atoms with van der Waals surface area (Å²) in [6.45, 7) is 0. The van der Waals surface area contributed by atoms with E-state index in [9.17, 15) is 22.4 Å². The molecule has 0 spiro atoms. The number of alkyl halides is 3. The second-order valence-electron chi connectivity index (χ2n) is 2.64. The van der Waals surface area contributed by atoms with Crippen LogP contribution in [0.4, 0.5) is 17.6 Å². The van der Waals surface area contributed by atoms with Crippen LogP contribution in [-0.2, 0) is 6.18 Å². The van der Waals surface area contributed by atoms with Gasteiger partial charge in [-0.1, -0.05) is 6.07 Å². The molecule has 1 amide bonds. The van der Waals surface area contributed by atoms with Gasteiger partial charge in [-0.05, 0) is 12.1 Å². The van der Waals surface area contributed by atoms with Crippen molar-refractivity contribution in [1.29, 1.82) is 0 Å². The predicted molar refractivity (Wildman–Crippen MR) is 43.1 cm³/mol. The third-order valence-corrected chi connectivity index (χ3v) is 1.68. The molecule has 1 aromatic carbocycles. The van der Waals surface area contributed by atoms with Gasteiger partial charge in [-0.25, -0.2) is 10.2 Å². The molecule has 0 aromatic heterocycles. The number of rotatable bonds is 1. The van der Waals surface area contributed by atoms with Crippen LogP contribution in [0.2, 0.25) is 0 Å². The Labute approximate surface area is 81.8 Å². The molecule has 0 unspecified atom stereocenters. The number of nitrogens with two attached hydrogens (primary N) is 1. The molecule has 0 bridgehead atoms. The highest BCUT2D eigenvalue weighted by Crippen LogP contribution is 2.32. The van der Waals surface area contributed by atoms with E-state index in [1.165, 1.54) is 0 Å². The molecule has 3 N–H and O–H groups in total. The van der Waals surface area contributed by atoms with E-state index in [2.05, 4.69) is 5.84 Å². The summed E-state index contributed by atoms with van der Waals surface area (Å²) in [5, 5.41) is 0. The number of hydrogen-bond acceptors (Lipinski definition) is 2.